The van der Waals surface area contributed by atoms with Crippen LogP contribution < -0.4 is 15.4 Å². The van der Waals surface area contributed by atoms with Gasteiger partial charge in [0.1, 0.15) is 5.75 Å². The molecular weight excluding hydrogens is 376 g/mol. The van der Waals surface area contributed by atoms with Gasteiger partial charge in [-0.1, -0.05) is 15.9 Å². The Morgan fingerprint density at radius 3 is 2.96 bits per heavy atom. The van der Waals surface area contributed by atoms with Gasteiger partial charge in [0.25, 0.3) is 0 Å². The molecule has 1 fully saturated rings. The minimum absolute atomic E-state index is 0.257. The van der Waals surface area contributed by atoms with E-state index in [-0.39, 0.29) is 12.0 Å². The van der Waals surface area contributed by atoms with Gasteiger partial charge in [-0.15, -0.1) is 0 Å². The highest BCUT2D eigenvalue weighted by atomic mass is 79.9. The molecule has 1 aliphatic heterocycles. The molecule has 0 unspecified atom stereocenters. The van der Waals surface area contributed by atoms with Gasteiger partial charge in [0.05, 0.1) is 18.0 Å². The Labute approximate surface area is 148 Å². The number of rotatable bonds is 4. The third-order valence-electron chi connectivity index (χ3n) is 3.96. The van der Waals surface area contributed by atoms with Crippen LogP contribution >= 0.6 is 15.9 Å². The number of aromatic nitrogens is 2. The molecule has 0 aliphatic carbocycles. The van der Waals surface area contributed by atoms with Crippen LogP contribution in [-0.4, -0.2) is 42.9 Å². The van der Waals surface area contributed by atoms with Crippen LogP contribution in [0.1, 0.15) is 12.8 Å². The summed E-state index contributed by atoms with van der Waals surface area (Å²) in [5.41, 5.74) is 0.691. The predicted octanol–water partition coefficient (Wildman–Crippen LogP) is 2.95. The summed E-state index contributed by atoms with van der Waals surface area (Å²) in [5.74, 6) is 1.39. The van der Waals surface area contributed by atoms with E-state index in [4.69, 9.17) is 9.47 Å². The predicted molar refractivity (Wildman–Crippen MR) is 94.4 cm³/mol. The van der Waals surface area contributed by atoms with E-state index in [2.05, 4.69) is 36.5 Å². The van der Waals surface area contributed by atoms with Gasteiger partial charge in [-0.25, -0.2) is 14.8 Å². The number of hydrogen-bond donors (Lipinski definition) is 2. The fourth-order valence-electron chi connectivity index (χ4n) is 2.63. The summed E-state index contributed by atoms with van der Waals surface area (Å²) in [4.78, 5) is 20.6. The monoisotopic (exact) mass is 394 g/mol. The molecule has 24 heavy (non-hydrogen) atoms. The molecule has 0 atom stereocenters. The summed E-state index contributed by atoms with van der Waals surface area (Å²) in [6.45, 7) is 2.15. The number of hydrogen-bond acceptors (Lipinski definition) is 5. The lowest BCUT2D eigenvalue weighted by Gasteiger charge is -2.22. The maximum atomic E-state index is 12.0. The van der Waals surface area contributed by atoms with Crippen molar-refractivity contribution in [2.45, 2.75) is 12.8 Å². The zero-order chi connectivity index (χ0) is 16.9. The zero-order valence-electron chi connectivity index (χ0n) is 13.3. The standard InChI is InChI=1S/C16H19BrN4O3/c1-23-14-7-11(17)6-13-12(14)9-18-15(20-13)21-16(22)19-8-10-2-4-24-5-3-10/h6-7,9-10H,2-5,8H2,1H3,(H2,18,19,20,21,22). The van der Waals surface area contributed by atoms with E-state index < -0.39 is 0 Å². The van der Waals surface area contributed by atoms with Gasteiger partial charge in [0.15, 0.2) is 0 Å². The summed E-state index contributed by atoms with van der Waals surface area (Å²) in [6.07, 6.45) is 3.59. The Balaban J connectivity index is 1.65. The molecular formula is C16H19BrN4O3. The fraction of sp³-hybridized carbons (Fsp3) is 0.438. The van der Waals surface area contributed by atoms with Crippen molar-refractivity contribution < 1.29 is 14.3 Å². The van der Waals surface area contributed by atoms with E-state index in [1.165, 1.54) is 0 Å². The van der Waals surface area contributed by atoms with Crippen LogP contribution in [0, 0.1) is 5.92 Å². The lowest BCUT2D eigenvalue weighted by molar-refractivity contribution is 0.0671. The molecule has 7 nitrogen and oxygen atoms in total. The second-order valence-electron chi connectivity index (χ2n) is 5.63. The Morgan fingerprint density at radius 2 is 2.21 bits per heavy atom. The van der Waals surface area contributed by atoms with Crippen molar-refractivity contribution in [1.82, 2.24) is 15.3 Å². The van der Waals surface area contributed by atoms with Crippen molar-refractivity contribution >= 4 is 38.8 Å². The Hall–Kier alpha value is -1.93. The lowest BCUT2D eigenvalue weighted by Crippen LogP contribution is -2.35. The van der Waals surface area contributed by atoms with Crippen molar-refractivity contribution in [3.63, 3.8) is 0 Å². The van der Waals surface area contributed by atoms with Crippen LogP contribution in [0.5, 0.6) is 5.75 Å². The number of methoxy groups -OCH3 is 1. The largest absolute Gasteiger partial charge is 0.496 e. The number of carbonyl (C=O) groups excluding carboxylic acids is 1. The molecule has 2 N–H and O–H groups in total. The highest BCUT2D eigenvalue weighted by Gasteiger charge is 2.15. The first-order valence-corrected chi connectivity index (χ1v) is 8.58. The maximum absolute atomic E-state index is 12.0. The van der Waals surface area contributed by atoms with Crippen LogP contribution in [0.4, 0.5) is 10.7 Å². The SMILES string of the molecule is COc1cc(Br)cc2nc(NC(=O)NCC3CCOCC3)ncc12. The summed E-state index contributed by atoms with van der Waals surface area (Å²) < 4.78 is 11.5. The molecule has 1 saturated heterocycles. The van der Waals surface area contributed by atoms with Crippen molar-refractivity contribution in [3.05, 3.63) is 22.8 Å². The second-order valence-corrected chi connectivity index (χ2v) is 6.54. The molecule has 0 saturated carbocycles. The molecule has 8 heteroatoms. The molecule has 0 radical (unpaired) electrons. The van der Waals surface area contributed by atoms with Crippen molar-refractivity contribution in [1.29, 1.82) is 0 Å². The molecule has 0 bridgehead atoms. The minimum Gasteiger partial charge on any atom is -0.496 e. The van der Waals surface area contributed by atoms with Gasteiger partial charge in [-0.05, 0) is 30.9 Å². The van der Waals surface area contributed by atoms with E-state index in [0.717, 1.165) is 35.9 Å². The molecule has 3 rings (SSSR count). The molecule has 1 aromatic carbocycles. The van der Waals surface area contributed by atoms with E-state index in [9.17, 15) is 4.79 Å². The number of halogens is 1. The van der Waals surface area contributed by atoms with Crippen molar-refractivity contribution in [2.75, 3.05) is 32.2 Å². The normalized spacial score (nSPS) is 15.2. The Morgan fingerprint density at radius 1 is 1.42 bits per heavy atom. The van der Waals surface area contributed by atoms with Gasteiger partial charge in [-0.3, -0.25) is 5.32 Å². The van der Waals surface area contributed by atoms with Gasteiger partial charge in [-0.2, -0.15) is 0 Å². The summed E-state index contributed by atoms with van der Waals surface area (Å²) in [7, 11) is 1.59. The first-order chi connectivity index (χ1) is 11.7. The summed E-state index contributed by atoms with van der Waals surface area (Å²) in [5, 5.41) is 6.32. The highest BCUT2D eigenvalue weighted by Crippen LogP contribution is 2.28. The number of anilines is 1. The minimum atomic E-state index is -0.303. The number of urea groups is 1. The highest BCUT2D eigenvalue weighted by molar-refractivity contribution is 9.10. The smallest absolute Gasteiger partial charge is 0.321 e. The third kappa shape index (κ3) is 4.12. The Kier molecular flexibility index (Phi) is 5.47. The molecule has 1 aromatic heterocycles. The van der Waals surface area contributed by atoms with E-state index in [0.29, 0.717) is 23.7 Å². The van der Waals surface area contributed by atoms with Gasteiger partial charge in [0, 0.05) is 30.4 Å². The number of benzene rings is 1. The third-order valence-corrected chi connectivity index (χ3v) is 4.42. The fourth-order valence-corrected chi connectivity index (χ4v) is 3.06. The van der Waals surface area contributed by atoms with E-state index in [1.54, 1.807) is 13.3 Å². The first-order valence-electron chi connectivity index (χ1n) is 7.78. The van der Waals surface area contributed by atoms with E-state index >= 15 is 0 Å². The van der Waals surface area contributed by atoms with Gasteiger partial charge in [0.2, 0.25) is 5.95 Å². The molecule has 128 valence electrons. The van der Waals surface area contributed by atoms with Crippen LogP contribution in [0.2, 0.25) is 0 Å². The quantitative estimate of drug-likeness (QED) is 0.832. The number of carbonyl (C=O) groups is 1. The van der Waals surface area contributed by atoms with Crippen LogP contribution in [-0.2, 0) is 4.74 Å². The summed E-state index contributed by atoms with van der Waals surface area (Å²) >= 11 is 3.42. The van der Waals surface area contributed by atoms with Gasteiger partial charge >= 0.3 is 6.03 Å². The lowest BCUT2D eigenvalue weighted by atomic mass is 10.0. The number of nitrogens with one attached hydrogen (secondary N) is 2. The zero-order valence-corrected chi connectivity index (χ0v) is 14.9. The molecule has 0 spiro atoms. The van der Waals surface area contributed by atoms with Crippen LogP contribution in [0.15, 0.2) is 22.8 Å². The van der Waals surface area contributed by atoms with Crippen LogP contribution in [0.25, 0.3) is 10.9 Å². The summed E-state index contributed by atoms with van der Waals surface area (Å²) in [6, 6.07) is 3.40. The average molecular weight is 395 g/mol. The number of nitrogens with zero attached hydrogens (tertiary/aromatic N) is 2. The number of ether oxygens (including phenoxy) is 2. The van der Waals surface area contributed by atoms with E-state index in [1.807, 2.05) is 12.1 Å². The van der Waals surface area contributed by atoms with Crippen molar-refractivity contribution in [3.8, 4) is 5.75 Å². The van der Waals surface area contributed by atoms with Crippen molar-refractivity contribution in [2.24, 2.45) is 5.92 Å². The molecule has 2 amide bonds. The Bertz CT molecular complexity index is 735. The second kappa shape index (κ2) is 7.76. The van der Waals surface area contributed by atoms with Gasteiger partial charge < -0.3 is 14.8 Å². The molecule has 2 heterocycles. The topological polar surface area (TPSA) is 85.4 Å². The number of fused-ring (bicyclic) bond motifs is 1. The maximum Gasteiger partial charge on any atom is 0.321 e. The molecule has 1 aliphatic rings. The first kappa shape index (κ1) is 16.9. The van der Waals surface area contributed by atoms with Crippen LogP contribution in [0.3, 0.4) is 0 Å². The number of amides is 2. The molecule has 2 aromatic rings. The average Bonchev–Trinajstić information content (AvgIpc) is 2.59.